The third-order valence-electron chi connectivity index (χ3n) is 17.1. The molecule has 103 heavy (non-hydrogen) atoms. The summed E-state index contributed by atoms with van der Waals surface area (Å²) in [6, 6.07) is -15.1. The average molecular weight is 1510 g/mol. The van der Waals surface area contributed by atoms with Gasteiger partial charge in [-0.25, -0.2) is 4.79 Å². The van der Waals surface area contributed by atoms with Crippen molar-refractivity contribution in [2.24, 2.45) is 63.1 Å². The van der Waals surface area contributed by atoms with Crippen LogP contribution >= 0.6 is 25.3 Å². The number of hydrogen-bond acceptors (Lipinski definition) is 25. The minimum atomic E-state index is -1.37. The zero-order chi connectivity index (χ0) is 77.3. The molecular formula is C66H132N22O13S2. The van der Waals surface area contributed by atoms with Crippen molar-refractivity contribution in [3.05, 3.63) is 0 Å². The topological polar surface area (TPSA) is 644 Å². The molecule has 37 heteroatoms. The van der Waals surface area contributed by atoms with Crippen molar-refractivity contribution in [2.45, 2.75) is 265 Å². The van der Waals surface area contributed by atoms with Gasteiger partial charge in [0, 0.05) is 11.5 Å². The summed E-state index contributed by atoms with van der Waals surface area (Å²) in [4.78, 5) is 169. The summed E-state index contributed by atoms with van der Waals surface area (Å²) >= 11 is 8.14. The van der Waals surface area contributed by atoms with Crippen molar-refractivity contribution in [1.82, 2.24) is 58.5 Å². The normalized spacial score (nSPS) is 14.8. The molecule has 0 heterocycles. The number of hydrogen-bond donors (Lipinski definition) is 25. The van der Waals surface area contributed by atoms with Crippen LogP contribution in [-0.2, 0) is 57.5 Å². The van der Waals surface area contributed by atoms with E-state index in [1.165, 1.54) is 0 Å². The lowest BCUT2D eigenvalue weighted by molar-refractivity contribution is -0.141. The van der Waals surface area contributed by atoms with Gasteiger partial charge in [0.25, 0.3) is 0 Å². The van der Waals surface area contributed by atoms with E-state index in [1.807, 2.05) is 0 Å². The van der Waals surface area contributed by atoms with Crippen molar-refractivity contribution >= 4 is 96.2 Å². The van der Waals surface area contributed by atoms with Crippen LogP contribution < -0.4 is 122 Å². The van der Waals surface area contributed by atoms with Crippen LogP contribution in [0.1, 0.15) is 193 Å². The lowest BCUT2D eigenvalue weighted by Crippen LogP contribution is -2.60. The SMILES string of the molecule is NCCCC[C@H](NC(=O)[C@H](CCCCN)NC(=O)[C@H](CCCCN)NC(=O)[C@H](CCCCN)NC(=O)[C@H](CCCCN)NC(=O)[C@H](CCCCN)NC(=O)[C@H](CCCCN)NC(=O)[C@H](CCCCN)NC(=O)[C@H](CCCCN)NC(=O)[C@H](CCCCN)NC(=O)[C@@H](N)CS)C(=O)N[C@@H](CS)C(=O)O. The first-order valence-electron chi connectivity index (χ1n) is 37.0. The number of carbonyl (C=O) groups excluding carboxylic acids is 11. The number of rotatable bonds is 65. The average Bonchev–Trinajstić information content (AvgIpc) is 0.864. The van der Waals surface area contributed by atoms with Gasteiger partial charge in [0.1, 0.15) is 66.5 Å². The fourth-order valence-electron chi connectivity index (χ4n) is 10.9. The van der Waals surface area contributed by atoms with Crippen molar-refractivity contribution in [3.63, 3.8) is 0 Å². The predicted octanol–water partition coefficient (Wildman–Crippen LogP) is -5.12. The molecule has 0 aromatic heterocycles. The number of unbranched alkanes of at least 4 members (excludes halogenated alkanes) is 10. The van der Waals surface area contributed by atoms with Crippen LogP contribution in [0.4, 0.5) is 0 Å². The Labute approximate surface area is 619 Å². The maximum Gasteiger partial charge on any atom is 0.327 e. The molecule has 0 aliphatic heterocycles. The first-order valence-corrected chi connectivity index (χ1v) is 38.3. The second kappa shape index (κ2) is 61.1. The molecule has 0 saturated heterocycles. The summed E-state index contributed by atoms with van der Waals surface area (Å²) < 4.78 is 0. The van der Waals surface area contributed by atoms with Crippen LogP contribution in [0.25, 0.3) is 0 Å². The van der Waals surface area contributed by atoms with Crippen LogP contribution in [0.2, 0.25) is 0 Å². The van der Waals surface area contributed by atoms with E-state index in [-0.39, 0.29) is 135 Å². The number of amides is 11. The van der Waals surface area contributed by atoms with Gasteiger partial charge in [-0.3, -0.25) is 52.7 Å². The first kappa shape index (κ1) is 96.9. The number of carboxylic acid groups (broad SMARTS) is 1. The van der Waals surface area contributed by atoms with E-state index >= 15 is 0 Å². The molecular weight excluding hydrogens is 1370 g/mol. The van der Waals surface area contributed by atoms with E-state index in [1.54, 1.807) is 0 Å². The van der Waals surface area contributed by atoms with E-state index in [0.29, 0.717) is 135 Å². The Hall–Kier alpha value is -6.10. The molecule has 34 N–H and O–H groups in total. The number of carboxylic acids is 1. The number of aliphatic carboxylic acids is 1. The van der Waals surface area contributed by atoms with Gasteiger partial charge in [0.2, 0.25) is 65.0 Å². The van der Waals surface area contributed by atoms with Crippen LogP contribution in [0, 0.1) is 0 Å². The molecule has 12 atom stereocenters. The van der Waals surface area contributed by atoms with Crippen LogP contribution in [-0.4, -0.2) is 226 Å². The molecule has 0 radical (unpaired) electrons. The van der Waals surface area contributed by atoms with E-state index in [4.69, 9.17) is 63.1 Å². The van der Waals surface area contributed by atoms with Gasteiger partial charge in [-0.05, 0) is 258 Å². The number of nitrogens with two attached hydrogens (primary N) is 11. The Balaban J connectivity index is 7.36. The Kier molecular flexibility index (Phi) is 57.5. The molecule has 0 rings (SSSR count). The molecule has 0 aromatic carbocycles. The van der Waals surface area contributed by atoms with E-state index < -0.39 is 143 Å². The summed E-state index contributed by atoms with van der Waals surface area (Å²) in [5.74, 6) is -9.83. The maximum absolute atomic E-state index is 14.7. The largest absolute Gasteiger partial charge is 0.480 e. The molecule has 0 saturated carbocycles. The third-order valence-corrected chi connectivity index (χ3v) is 17.9. The summed E-state index contributed by atoms with van der Waals surface area (Å²) in [6.07, 6.45) is 8.81. The zero-order valence-corrected chi connectivity index (χ0v) is 62.5. The second-order valence-electron chi connectivity index (χ2n) is 25.8. The molecule has 11 amide bonds. The van der Waals surface area contributed by atoms with Crippen molar-refractivity contribution in [2.75, 3.05) is 77.0 Å². The number of nitrogens with one attached hydrogen (secondary N) is 11. The molecule has 0 bridgehead atoms. The second-order valence-corrected chi connectivity index (χ2v) is 26.6. The molecule has 596 valence electrons. The van der Waals surface area contributed by atoms with E-state index in [9.17, 15) is 62.6 Å². The van der Waals surface area contributed by atoms with Gasteiger partial charge < -0.3 is 127 Å². The summed E-state index contributed by atoms with van der Waals surface area (Å²) in [5, 5.41) is 39.6. The summed E-state index contributed by atoms with van der Waals surface area (Å²) in [6.45, 7) is 2.59. The lowest BCUT2D eigenvalue weighted by atomic mass is 10.0. The van der Waals surface area contributed by atoms with Gasteiger partial charge in [-0.15, -0.1) is 0 Å². The highest BCUT2D eigenvalue weighted by Gasteiger charge is 2.37. The van der Waals surface area contributed by atoms with Crippen molar-refractivity contribution < 1.29 is 62.6 Å². The molecule has 0 aliphatic carbocycles. The highest BCUT2D eigenvalue weighted by molar-refractivity contribution is 7.80. The van der Waals surface area contributed by atoms with Crippen LogP contribution in [0.5, 0.6) is 0 Å². The molecule has 35 nitrogen and oxygen atoms in total. The van der Waals surface area contributed by atoms with Gasteiger partial charge >= 0.3 is 5.97 Å². The van der Waals surface area contributed by atoms with E-state index in [2.05, 4.69) is 83.7 Å². The number of thiol groups is 2. The Morgan fingerprint density at radius 1 is 0.214 bits per heavy atom. The van der Waals surface area contributed by atoms with Crippen LogP contribution in [0.3, 0.4) is 0 Å². The lowest BCUT2D eigenvalue weighted by Gasteiger charge is -2.29. The maximum atomic E-state index is 14.7. The smallest absolute Gasteiger partial charge is 0.327 e. The standard InChI is InChI=1S/C66H132N22O13S2/c67-31-11-1-21-44(78-55(89)43(77)41-102)56(90)79-45(22-2-12-32-68)57(91)80-46(23-3-13-33-69)58(92)81-47(24-4-14-34-70)59(93)82-48(25-5-15-35-71)60(94)83-49(26-6-16-36-72)61(95)84-50(27-7-17-37-73)62(96)85-51(28-8-18-38-74)63(97)86-52(29-9-19-39-75)64(98)87-53(30-10-20-40-76)65(99)88-54(42-103)66(100)101/h43-54,102-103H,1-42,67-77H2,(H,78,89)(H,79,90)(H,80,91)(H,81,92)(H,82,93)(H,83,94)(H,84,95)(H,85,96)(H,86,97)(H,87,98)(H,88,99)(H,100,101)/t43-,44-,45-,46-,47-,48-,49-,50-,51-,52-,53-,54-/m0/s1. The quantitative estimate of drug-likeness (QED) is 0.0200. The zero-order valence-electron chi connectivity index (χ0n) is 60.7. The first-order chi connectivity index (χ1) is 49.4. The Bertz CT molecular complexity index is 2450. The Morgan fingerprint density at radius 2 is 0.340 bits per heavy atom. The van der Waals surface area contributed by atoms with Gasteiger partial charge in [-0.1, -0.05) is 0 Å². The monoisotopic (exact) mass is 1500 g/mol. The van der Waals surface area contributed by atoms with Crippen molar-refractivity contribution in [1.29, 1.82) is 0 Å². The van der Waals surface area contributed by atoms with E-state index in [0.717, 1.165) is 0 Å². The minimum absolute atomic E-state index is 0.00364. The molecule has 0 aliphatic rings. The molecule has 0 unspecified atom stereocenters. The summed E-state index contributed by atoms with van der Waals surface area (Å²) in [7, 11) is 0. The summed E-state index contributed by atoms with van der Waals surface area (Å²) in [5.41, 5.74) is 64.2. The minimum Gasteiger partial charge on any atom is -0.480 e. The molecule has 0 fully saturated rings. The molecule has 0 spiro atoms. The van der Waals surface area contributed by atoms with Gasteiger partial charge in [0.05, 0.1) is 6.04 Å². The van der Waals surface area contributed by atoms with Gasteiger partial charge in [-0.2, -0.15) is 25.3 Å². The fourth-order valence-corrected chi connectivity index (χ4v) is 11.3. The number of carbonyl (C=O) groups is 12. The highest BCUT2D eigenvalue weighted by Crippen LogP contribution is 2.15. The molecule has 0 aromatic rings. The predicted molar refractivity (Wildman–Crippen MR) is 404 cm³/mol. The van der Waals surface area contributed by atoms with Crippen molar-refractivity contribution in [3.8, 4) is 0 Å². The fraction of sp³-hybridized carbons (Fsp3) is 0.818. The Morgan fingerprint density at radius 3 is 0.447 bits per heavy atom. The van der Waals surface area contributed by atoms with Gasteiger partial charge in [0.15, 0.2) is 0 Å². The van der Waals surface area contributed by atoms with Crippen LogP contribution in [0.15, 0.2) is 0 Å². The highest BCUT2D eigenvalue weighted by atomic mass is 32.1. The third kappa shape index (κ3) is 43.2.